The van der Waals surface area contributed by atoms with Crippen LogP contribution >= 0.6 is 11.6 Å². The van der Waals surface area contributed by atoms with Gasteiger partial charge in [0.1, 0.15) is 18.1 Å². The van der Waals surface area contributed by atoms with Gasteiger partial charge in [-0.2, -0.15) is 5.10 Å². The summed E-state index contributed by atoms with van der Waals surface area (Å²) in [6.07, 6.45) is 5.50. The van der Waals surface area contributed by atoms with Crippen molar-refractivity contribution in [1.29, 1.82) is 0 Å². The molecular weight excluding hydrogens is 426 g/mol. The number of nitrogens with one attached hydrogen (secondary N) is 1. The smallest absolute Gasteiger partial charge is 0.291 e. The molecule has 6 nitrogen and oxygen atoms in total. The summed E-state index contributed by atoms with van der Waals surface area (Å²) in [4.78, 5) is 12.6. The Morgan fingerprint density at radius 2 is 1.97 bits per heavy atom. The predicted molar refractivity (Wildman–Crippen MR) is 124 cm³/mol. The lowest BCUT2D eigenvalue weighted by molar-refractivity contribution is 0.0992. The minimum atomic E-state index is -0.320. The zero-order valence-electron chi connectivity index (χ0n) is 17.8. The zero-order chi connectivity index (χ0) is 22.3. The average Bonchev–Trinajstić information content (AvgIpc) is 3.43. The number of furan rings is 1. The Morgan fingerprint density at radius 3 is 2.72 bits per heavy atom. The molecule has 0 radical (unpaired) electrons. The first-order valence-corrected chi connectivity index (χ1v) is 10.9. The molecule has 0 saturated heterocycles. The molecule has 1 N–H and O–H groups in total. The third kappa shape index (κ3) is 5.80. The highest BCUT2D eigenvalue weighted by Gasteiger charge is 2.12. The summed E-state index contributed by atoms with van der Waals surface area (Å²) in [5.41, 5.74) is 2.95. The van der Waals surface area contributed by atoms with Crippen LogP contribution in [0, 0.1) is 0 Å². The lowest BCUT2D eigenvalue weighted by Crippen LogP contribution is -2.11. The Hall–Kier alpha value is -3.51. The third-order valence-corrected chi connectivity index (χ3v) is 5.05. The van der Waals surface area contributed by atoms with Crippen molar-refractivity contribution in [3.8, 4) is 5.75 Å². The topological polar surface area (TPSA) is 69.3 Å². The maximum atomic E-state index is 12.6. The van der Waals surface area contributed by atoms with Crippen molar-refractivity contribution in [3.63, 3.8) is 0 Å². The Bertz CT molecular complexity index is 1180. The number of hydrogen-bond donors (Lipinski definition) is 1. The van der Waals surface area contributed by atoms with Crippen molar-refractivity contribution in [2.45, 2.75) is 32.9 Å². The Kier molecular flexibility index (Phi) is 6.92. The number of amides is 1. The van der Waals surface area contributed by atoms with Gasteiger partial charge in [0.25, 0.3) is 5.91 Å². The fourth-order valence-electron chi connectivity index (χ4n) is 3.33. The lowest BCUT2D eigenvalue weighted by atomic mass is 10.1. The molecule has 4 aromatic rings. The Morgan fingerprint density at radius 1 is 1.12 bits per heavy atom. The van der Waals surface area contributed by atoms with E-state index in [0.29, 0.717) is 23.0 Å². The van der Waals surface area contributed by atoms with Gasteiger partial charge in [0.15, 0.2) is 5.76 Å². The van der Waals surface area contributed by atoms with E-state index in [4.69, 9.17) is 20.8 Å². The number of carbonyl (C=O) groups is 1. The van der Waals surface area contributed by atoms with E-state index in [2.05, 4.69) is 29.5 Å². The van der Waals surface area contributed by atoms with Crippen LogP contribution in [0.1, 0.15) is 40.8 Å². The first-order valence-electron chi connectivity index (χ1n) is 10.5. The molecule has 0 saturated carbocycles. The standard InChI is InChI=1S/C25H24ClN3O3/c1-2-4-18-7-9-22(10-8-18)31-17-23-11-12-24(32-23)25(30)28-21-6-3-5-19(13-21)15-29-16-20(26)14-27-29/h3,5-14,16H,2,4,15,17H2,1H3,(H,28,30). The number of aromatic nitrogens is 2. The molecule has 1 amide bonds. The van der Waals surface area contributed by atoms with Crippen LogP contribution in [0.2, 0.25) is 5.02 Å². The first kappa shape index (κ1) is 21.7. The average molecular weight is 450 g/mol. The molecule has 0 unspecified atom stereocenters. The van der Waals surface area contributed by atoms with E-state index in [0.717, 1.165) is 24.2 Å². The van der Waals surface area contributed by atoms with Gasteiger partial charge in [-0.1, -0.05) is 49.2 Å². The Balaban J connectivity index is 1.33. The highest BCUT2D eigenvalue weighted by molar-refractivity contribution is 6.30. The van der Waals surface area contributed by atoms with E-state index in [1.807, 2.05) is 36.4 Å². The van der Waals surface area contributed by atoms with E-state index in [1.165, 1.54) is 5.56 Å². The number of benzene rings is 2. The summed E-state index contributed by atoms with van der Waals surface area (Å²) < 4.78 is 13.2. The summed E-state index contributed by atoms with van der Waals surface area (Å²) in [5.74, 6) is 1.25. The predicted octanol–water partition coefficient (Wildman–Crippen LogP) is 5.96. The van der Waals surface area contributed by atoms with Gasteiger partial charge >= 0.3 is 0 Å². The molecule has 2 aromatic carbocycles. The summed E-state index contributed by atoms with van der Waals surface area (Å²) in [6, 6.07) is 19.0. The molecule has 32 heavy (non-hydrogen) atoms. The van der Waals surface area contributed by atoms with E-state index in [-0.39, 0.29) is 18.3 Å². The molecule has 0 atom stereocenters. The molecule has 0 bridgehead atoms. The van der Waals surface area contributed by atoms with Gasteiger partial charge in [-0.25, -0.2) is 0 Å². The maximum Gasteiger partial charge on any atom is 0.291 e. The quantitative estimate of drug-likeness (QED) is 0.342. The molecule has 0 spiro atoms. The van der Waals surface area contributed by atoms with E-state index < -0.39 is 0 Å². The van der Waals surface area contributed by atoms with Crippen LogP contribution in [0.4, 0.5) is 5.69 Å². The highest BCUT2D eigenvalue weighted by Crippen LogP contribution is 2.18. The summed E-state index contributed by atoms with van der Waals surface area (Å²) in [7, 11) is 0. The molecule has 2 heterocycles. The molecule has 0 aliphatic carbocycles. The monoisotopic (exact) mass is 449 g/mol. The number of carbonyl (C=O) groups excluding carboxylic acids is 1. The van der Waals surface area contributed by atoms with Crippen LogP contribution in [-0.4, -0.2) is 15.7 Å². The minimum Gasteiger partial charge on any atom is -0.486 e. The second kappa shape index (κ2) is 10.2. The summed E-state index contributed by atoms with van der Waals surface area (Å²) in [5, 5.41) is 7.62. The molecule has 7 heteroatoms. The van der Waals surface area contributed by atoms with Gasteiger partial charge in [-0.3, -0.25) is 9.48 Å². The zero-order valence-corrected chi connectivity index (χ0v) is 18.5. The van der Waals surface area contributed by atoms with Crippen LogP contribution in [0.25, 0.3) is 0 Å². The fraction of sp³-hybridized carbons (Fsp3) is 0.200. The largest absolute Gasteiger partial charge is 0.486 e. The normalized spacial score (nSPS) is 10.8. The first-order chi connectivity index (χ1) is 15.6. The molecule has 2 aromatic heterocycles. The molecular formula is C25H24ClN3O3. The SMILES string of the molecule is CCCc1ccc(OCc2ccc(C(=O)Nc3cccc(Cn4cc(Cl)cn4)c3)o2)cc1. The van der Waals surface area contributed by atoms with Crippen LogP contribution in [0.15, 0.2) is 77.5 Å². The van der Waals surface area contributed by atoms with Crippen LogP contribution < -0.4 is 10.1 Å². The number of anilines is 1. The number of halogens is 1. The van der Waals surface area contributed by atoms with Gasteiger partial charge < -0.3 is 14.5 Å². The van der Waals surface area contributed by atoms with Crippen molar-refractivity contribution in [3.05, 3.63) is 101 Å². The van der Waals surface area contributed by atoms with Gasteiger partial charge in [-0.05, 0) is 53.9 Å². The van der Waals surface area contributed by atoms with Crippen molar-refractivity contribution in [2.24, 2.45) is 0 Å². The van der Waals surface area contributed by atoms with Crippen LogP contribution in [0.3, 0.4) is 0 Å². The molecule has 0 aliphatic heterocycles. The number of hydrogen-bond acceptors (Lipinski definition) is 4. The fourth-order valence-corrected chi connectivity index (χ4v) is 3.48. The molecule has 4 rings (SSSR count). The van der Waals surface area contributed by atoms with Crippen LogP contribution in [0.5, 0.6) is 5.75 Å². The van der Waals surface area contributed by atoms with E-state index >= 15 is 0 Å². The number of nitrogens with zero attached hydrogens (tertiary/aromatic N) is 2. The molecule has 164 valence electrons. The van der Waals surface area contributed by atoms with Gasteiger partial charge in [0, 0.05) is 11.9 Å². The maximum absolute atomic E-state index is 12.6. The second-order valence-corrected chi connectivity index (χ2v) is 7.90. The van der Waals surface area contributed by atoms with Gasteiger partial charge in [0.05, 0.1) is 17.8 Å². The summed E-state index contributed by atoms with van der Waals surface area (Å²) in [6.45, 7) is 2.96. The number of ether oxygens (including phenoxy) is 1. The third-order valence-electron chi connectivity index (χ3n) is 4.86. The van der Waals surface area contributed by atoms with Gasteiger partial charge in [-0.15, -0.1) is 0 Å². The second-order valence-electron chi connectivity index (χ2n) is 7.46. The Labute approximate surface area is 191 Å². The van der Waals surface area contributed by atoms with E-state index in [1.54, 1.807) is 29.2 Å². The minimum absolute atomic E-state index is 0.228. The summed E-state index contributed by atoms with van der Waals surface area (Å²) >= 11 is 5.91. The molecule has 0 fully saturated rings. The van der Waals surface area contributed by atoms with Crippen molar-refractivity contribution < 1.29 is 13.9 Å². The number of rotatable bonds is 9. The van der Waals surface area contributed by atoms with Crippen molar-refractivity contribution in [2.75, 3.05) is 5.32 Å². The van der Waals surface area contributed by atoms with Crippen molar-refractivity contribution in [1.82, 2.24) is 9.78 Å². The highest BCUT2D eigenvalue weighted by atomic mass is 35.5. The van der Waals surface area contributed by atoms with Crippen molar-refractivity contribution >= 4 is 23.2 Å². The number of aryl methyl sites for hydroxylation is 1. The molecule has 0 aliphatic rings. The lowest BCUT2D eigenvalue weighted by Gasteiger charge is -2.07. The van der Waals surface area contributed by atoms with E-state index in [9.17, 15) is 4.79 Å². The van der Waals surface area contributed by atoms with Gasteiger partial charge in [0.2, 0.25) is 0 Å². The van der Waals surface area contributed by atoms with Crippen LogP contribution in [-0.2, 0) is 19.6 Å².